The van der Waals surface area contributed by atoms with Gasteiger partial charge in [-0.15, -0.1) is 0 Å². The van der Waals surface area contributed by atoms with E-state index in [1.807, 2.05) is 24.3 Å². The van der Waals surface area contributed by atoms with Crippen LogP contribution in [0.25, 0.3) is 0 Å². The molecule has 1 saturated heterocycles. The number of anilines is 1. The van der Waals surface area contributed by atoms with E-state index in [4.69, 9.17) is 4.74 Å². The topological polar surface area (TPSA) is 63.7 Å². The van der Waals surface area contributed by atoms with E-state index in [1.165, 1.54) is 4.90 Å². The molecule has 0 radical (unpaired) electrons. The summed E-state index contributed by atoms with van der Waals surface area (Å²) in [6.07, 6.45) is 0.713. The number of amides is 2. The highest BCUT2D eigenvalue weighted by Crippen LogP contribution is 2.65. The number of esters is 1. The van der Waals surface area contributed by atoms with E-state index in [-0.39, 0.29) is 24.3 Å². The Bertz CT molecular complexity index is 1310. The summed E-state index contributed by atoms with van der Waals surface area (Å²) in [4.78, 5) is 41.8. The van der Waals surface area contributed by atoms with Crippen molar-refractivity contribution in [3.63, 3.8) is 0 Å². The number of imide groups is 1. The zero-order valence-electron chi connectivity index (χ0n) is 19.2. The highest BCUT2D eigenvalue weighted by molar-refractivity contribution is 6.24. The van der Waals surface area contributed by atoms with Crippen molar-refractivity contribution in [2.75, 3.05) is 11.5 Å². The molecule has 4 aliphatic rings. The second-order valence-electron chi connectivity index (χ2n) is 9.26. The molecule has 34 heavy (non-hydrogen) atoms. The Morgan fingerprint density at radius 1 is 0.882 bits per heavy atom. The van der Waals surface area contributed by atoms with Gasteiger partial charge in [-0.2, -0.15) is 0 Å². The summed E-state index contributed by atoms with van der Waals surface area (Å²) in [5.41, 5.74) is 4.80. The van der Waals surface area contributed by atoms with E-state index in [9.17, 15) is 14.4 Å². The Kier molecular flexibility index (Phi) is 4.53. The second-order valence-corrected chi connectivity index (χ2v) is 9.26. The molecule has 1 aliphatic heterocycles. The summed E-state index contributed by atoms with van der Waals surface area (Å²) in [5.74, 6) is -1.96. The molecule has 2 atom stereocenters. The van der Waals surface area contributed by atoms with Crippen LogP contribution in [0.2, 0.25) is 0 Å². The van der Waals surface area contributed by atoms with Crippen LogP contribution in [0.15, 0.2) is 72.8 Å². The first-order valence-corrected chi connectivity index (χ1v) is 11.9. The van der Waals surface area contributed by atoms with E-state index < -0.39 is 23.2 Å². The van der Waals surface area contributed by atoms with Gasteiger partial charge in [0.25, 0.3) is 0 Å². The van der Waals surface area contributed by atoms with Crippen molar-refractivity contribution in [1.82, 2.24) is 0 Å². The molecule has 2 amide bonds. The van der Waals surface area contributed by atoms with Gasteiger partial charge in [-0.25, -0.2) is 9.69 Å². The van der Waals surface area contributed by atoms with Gasteiger partial charge in [0, 0.05) is 11.3 Å². The SMILES string of the molecule is CCOC(=O)c1cccc(N2C(=O)[C@@H]3C4c5ccccc5C(CC)(c5ccccc54)[C@H]3C2=O)c1. The molecule has 2 bridgehead atoms. The molecule has 1 fully saturated rings. The van der Waals surface area contributed by atoms with Crippen LogP contribution in [-0.2, 0) is 19.7 Å². The molecule has 3 aromatic carbocycles. The molecule has 0 N–H and O–H groups in total. The summed E-state index contributed by atoms with van der Waals surface area (Å²) in [6.45, 7) is 4.11. The highest BCUT2D eigenvalue weighted by Gasteiger charge is 2.67. The maximum atomic E-state index is 14.1. The third-order valence-electron chi connectivity index (χ3n) is 7.97. The van der Waals surface area contributed by atoms with Crippen LogP contribution in [0.4, 0.5) is 5.69 Å². The summed E-state index contributed by atoms with van der Waals surface area (Å²) >= 11 is 0. The fourth-order valence-electron chi connectivity index (χ4n) is 6.77. The largest absolute Gasteiger partial charge is 0.462 e. The fraction of sp³-hybridized carbons (Fsp3) is 0.276. The number of benzene rings is 3. The van der Waals surface area contributed by atoms with Gasteiger partial charge >= 0.3 is 5.97 Å². The van der Waals surface area contributed by atoms with Crippen molar-refractivity contribution in [3.8, 4) is 0 Å². The van der Waals surface area contributed by atoms with Crippen LogP contribution in [-0.4, -0.2) is 24.4 Å². The summed E-state index contributed by atoms with van der Waals surface area (Å²) in [7, 11) is 0. The van der Waals surface area contributed by atoms with Crippen molar-refractivity contribution in [2.24, 2.45) is 11.8 Å². The molecule has 3 aliphatic carbocycles. The Labute approximate surface area is 198 Å². The van der Waals surface area contributed by atoms with Crippen molar-refractivity contribution >= 4 is 23.5 Å². The first kappa shape index (κ1) is 20.8. The van der Waals surface area contributed by atoms with Crippen LogP contribution in [0.5, 0.6) is 0 Å². The molecule has 3 aromatic rings. The first-order valence-electron chi connectivity index (χ1n) is 11.9. The first-order chi connectivity index (χ1) is 16.5. The fourth-order valence-corrected chi connectivity index (χ4v) is 6.77. The smallest absolute Gasteiger partial charge is 0.338 e. The van der Waals surface area contributed by atoms with Crippen LogP contribution in [0.3, 0.4) is 0 Å². The highest BCUT2D eigenvalue weighted by atomic mass is 16.5. The van der Waals surface area contributed by atoms with Gasteiger partial charge in [-0.05, 0) is 53.8 Å². The minimum atomic E-state index is -0.563. The molecule has 5 nitrogen and oxygen atoms in total. The van der Waals surface area contributed by atoms with Crippen molar-refractivity contribution < 1.29 is 19.1 Å². The van der Waals surface area contributed by atoms with E-state index in [0.29, 0.717) is 17.7 Å². The summed E-state index contributed by atoms with van der Waals surface area (Å²) in [6, 6.07) is 23.2. The quantitative estimate of drug-likeness (QED) is 0.421. The molecular weight excluding hydrogens is 426 g/mol. The Hall–Kier alpha value is -3.73. The Balaban J connectivity index is 1.54. The van der Waals surface area contributed by atoms with Gasteiger partial charge in [-0.3, -0.25) is 9.59 Å². The number of hydrogen-bond acceptors (Lipinski definition) is 4. The van der Waals surface area contributed by atoms with Crippen molar-refractivity contribution in [3.05, 3.63) is 101 Å². The lowest BCUT2D eigenvalue weighted by atomic mass is 9.46. The molecule has 1 heterocycles. The normalized spacial score (nSPS) is 26.2. The number of hydrogen-bond donors (Lipinski definition) is 0. The molecule has 0 spiro atoms. The molecule has 5 heteroatoms. The minimum absolute atomic E-state index is 0.166. The van der Waals surface area contributed by atoms with Crippen LogP contribution >= 0.6 is 0 Å². The predicted octanol–water partition coefficient (Wildman–Crippen LogP) is 4.82. The second kappa shape index (κ2) is 7.39. The zero-order valence-corrected chi connectivity index (χ0v) is 19.2. The van der Waals surface area contributed by atoms with E-state index in [0.717, 1.165) is 22.3 Å². The van der Waals surface area contributed by atoms with E-state index >= 15 is 0 Å². The molecular formula is C29H25NO4. The summed E-state index contributed by atoms with van der Waals surface area (Å²) in [5, 5.41) is 0. The third-order valence-corrected chi connectivity index (χ3v) is 7.97. The van der Waals surface area contributed by atoms with Crippen molar-refractivity contribution in [2.45, 2.75) is 31.6 Å². The average Bonchev–Trinajstić information content (AvgIpc) is 3.15. The van der Waals surface area contributed by atoms with Gasteiger partial charge in [-0.1, -0.05) is 61.5 Å². The van der Waals surface area contributed by atoms with Crippen LogP contribution < -0.4 is 4.90 Å². The number of carbonyl (C=O) groups is 3. The monoisotopic (exact) mass is 451 g/mol. The minimum Gasteiger partial charge on any atom is -0.462 e. The lowest BCUT2D eigenvalue weighted by molar-refractivity contribution is -0.123. The van der Waals surface area contributed by atoms with Gasteiger partial charge in [0.05, 0.1) is 29.7 Å². The van der Waals surface area contributed by atoms with E-state index in [2.05, 4.69) is 31.2 Å². The lowest BCUT2D eigenvalue weighted by Gasteiger charge is -2.54. The Morgan fingerprint density at radius 3 is 2.15 bits per heavy atom. The van der Waals surface area contributed by atoms with Crippen molar-refractivity contribution in [1.29, 1.82) is 0 Å². The number of carbonyl (C=O) groups excluding carboxylic acids is 3. The number of ether oxygens (including phenoxy) is 1. The molecule has 7 rings (SSSR count). The lowest BCUT2D eigenvalue weighted by Crippen LogP contribution is -2.53. The van der Waals surface area contributed by atoms with Gasteiger partial charge < -0.3 is 4.74 Å². The molecule has 170 valence electrons. The standard InChI is InChI=1S/C29H25NO4/c1-3-29-21-14-7-5-12-19(21)23(20-13-6-8-15-22(20)29)24-25(29)27(32)30(26(24)31)18-11-9-10-17(16-18)28(33)34-4-2/h5-16,23-25H,3-4H2,1-2H3/t23?,24-,25-,29?/m1/s1. The zero-order chi connectivity index (χ0) is 23.6. The number of rotatable bonds is 4. The Morgan fingerprint density at radius 2 is 1.53 bits per heavy atom. The van der Waals surface area contributed by atoms with Gasteiger partial charge in [0.15, 0.2) is 0 Å². The predicted molar refractivity (Wildman–Crippen MR) is 128 cm³/mol. The maximum Gasteiger partial charge on any atom is 0.338 e. The van der Waals surface area contributed by atoms with Crippen LogP contribution in [0, 0.1) is 11.8 Å². The molecule has 0 aromatic heterocycles. The van der Waals surface area contributed by atoms with Gasteiger partial charge in [0.1, 0.15) is 0 Å². The maximum absolute atomic E-state index is 14.1. The summed E-state index contributed by atoms with van der Waals surface area (Å²) < 4.78 is 5.13. The third kappa shape index (κ3) is 2.47. The molecule has 0 saturated carbocycles. The molecule has 0 unspecified atom stereocenters. The van der Waals surface area contributed by atoms with Gasteiger partial charge in [0.2, 0.25) is 11.8 Å². The van der Waals surface area contributed by atoms with Crippen LogP contribution in [0.1, 0.15) is 58.8 Å². The number of nitrogens with zero attached hydrogens (tertiary/aromatic N) is 1. The average molecular weight is 452 g/mol. The van der Waals surface area contributed by atoms with E-state index in [1.54, 1.807) is 31.2 Å².